The first-order chi connectivity index (χ1) is 21.2. The molecule has 18 heteroatoms. The van der Waals surface area contributed by atoms with Crippen molar-refractivity contribution in [3.8, 4) is 0 Å². The summed E-state index contributed by atoms with van der Waals surface area (Å²) in [5.74, 6) is -3.21. The SMILES string of the molecule is CSCCC(NC(=O)C(CC(C)C)NC(=O)CN)C(=O)NCC(=O)NC(CCCCN)C(=O)NC(CCCN=C(N)N)C(N)=O. The molecule has 0 aliphatic carbocycles. The monoisotopic (exact) mass is 659 g/mol. The number of nitrogens with two attached hydrogens (primary N) is 5. The van der Waals surface area contributed by atoms with Crippen molar-refractivity contribution in [1.29, 1.82) is 0 Å². The van der Waals surface area contributed by atoms with Crippen LogP contribution in [0.3, 0.4) is 0 Å². The summed E-state index contributed by atoms with van der Waals surface area (Å²) in [6.45, 7) is 3.61. The van der Waals surface area contributed by atoms with Crippen molar-refractivity contribution in [3.63, 3.8) is 0 Å². The van der Waals surface area contributed by atoms with Crippen molar-refractivity contribution in [3.05, 3.63) is 0 Å². The van der Waals surface area contributed by atoms with Gasteiger partial charge in [-0.2, -0.15) is 11.8 Å². The number of rotatable bonds is 24. The van der Waals surface area contributed by atoms with E-state index in [-0.39, 0.29) is 44.2 Å². The van der Waals surface area contributed by atoms with Gasteiger partial charge in [0.2, 0.25) is 35.4 Å². The number of guanidine groups is 1. The van der Waals surface area contributed by atoms with Gasteiger partial charge in [-0.05, 0) is 69.4 Å². The Hall–Kier alpha value is -3.64. The van der Waals surface area contributed by atoms with Crippen LogP contribution in [0.15, 0.2) is 4.99 Å². The first-order valence-corrected chi connectivity index (χ1v) is 16.4. The van der Waals surface area contributed by atoms with Crippen molar-refractivity contribution in [2.75, 3.05) is 38.2 Å². The summed E-state index contributed by atoms with van der Waals surface area (Å²) in [6.07, 6.45) is 4.31. The van der Waals surface area contributed by atoms with E-state index in [1.165, 1.54) is 11.8 Å². The normalized spacial score (nSPS) is 13.5. The molecule has 0 fully saturated rings. The third kappa shape index (κ3) is 19.4. The summed E-state index contributed by atoms with van der Waals surface area (Å²) in [7, 11) is 0. The van der Waals surface area contributed by atoms with Crippen LogP contribution in [-0.2, 0) is 28.8 Å². The topological polar surface area (TPSA) is 305 Å². The van der Waals surface area contributed by atoms with Crippen molar-refractivity contribution in [2.45, 2.75) is 83.0 Å². The number of carbonyl (C=O) groups excluding carboxylic acids is 6. The second kappa shape index (κ2) is 23.7. The summed E-state index contributed by atoms with van der Waals surface area (Å²) < 4.78 is 0. The minimum atomic E-state index is -1.03. The fourth-order valence-electron chi connectivity index (χ4n) is 4.09. The zero-order valence-corrected chi connectivity index (χ0v) is 27.4. The summed E-state index contributed by atoms with van der Waals surface area (Å²) in [6, 6.07) is -3.93. The quantitative estimate of drug-likeness (QED) is 0.0275. The average Bonchev–Trinajstić information content (AvgIpc) is 2.97. The molecule has 0 saturated carbocycles. The summed E-state index contributed by atoms with van der Waals surface area (Å²) in [5.41, 5.74) is 27.0. The van der Waals surface area contributed by atoms with Crippen molar-refractivity contribution in [2.24, 2.45) is 39.6 Å². The van der Waals surface area contributed by atoms with Crippen molar-refractivity contribution >= 4 is 53.2 Å². The highest BCUT2D eigenvalue weighted by Gasteiger charge is 2.28. The number of aliphatic imine (C=N–C) groups is 1. The van der Waals surface area contributed by atoms with Crippen LogP contribution >= 0.6 is 11.8 Å². The van der Waals surface area contributed by atoms with E-state index >= 15 is 0 Å². The molecule has 0 aromatic carbocycles. The highest BCUT2D eigenvalue weighted by atomic mass is 32.2. The molecule has 6 amide bonds. The largest absolute Gasteiger partial charge is 0.370 e. The Bertz CT molecular complexity index is 994. The molecule has 0 heterocycles. The van der Waals surface area contributed by atoms with Gasteiger partial charge < -0.3 is 55.3 Å². The molecule has 0 spiro atoms. The number of primary amides is 1. The number of thioether (sulfide) groups is 1. The lowest BCUT2D eigenvalue weighted by atomic mass is 10.0. The van der Waals surface area contributed by atoms with Gasteiger partial charge in [0, 0.05) is 6.54 Å². The van der Waals surface area contributed by atoms with E-state index in [4.69, 9.17) is 28.7 Å². The summed E-state index contributed by atoms with van der Waals surface area (Å²) in [4.78, 5) is 79.5. The number of amides is 6. The van der Waals surface area contributed by atoms with E-state index in [1.807, 2.05) is 20.1 Å². The molecule has 4 unspecified atom stereocenters. The van der Waals surface area contributed by atoms with Crippen LogP contribution in [0.2, 0.25) is 0 Å². The van der Waals surface area contributed by atoms with Gasteiger partial charge in [-0.15, -0.1) is 0 Å². The molecule has 0 rings (SSSR count). The number of carbonyl (C=O) groups is 6. The predicted octanol–water partition coefficient (Wildman–Crippen LogP) is -3.53. The Labute approximate surface area is 269 Å². The average molecular weight is 660 g/mol. The van der Waals surface area contributed by atoms with Gasteiger partial charge in [0.1, 0.15) is 24.2 Å². The van der Waals surface area contributed by atoms with Crippen molar-refractivity contribution < 1.29 is 28.8 Å². The zero-order valence-electron chi connectivity index (χ0n) is 26.6. The molecular formula is C27H53N11O6S. The Balaban J connectivity index is 5.43. The number of unbranched alkanes of at least 4 members (excludes halogenated alkanes) is 1. The van der Waals surface area contributed by atoms with Gasteiger partial charge in [0.25, 0.3) is 0 Å². The van der Waals surface area contributed by atoms with E-state index in [0.717, 1.165) is 0 Å². The molecular weight excluding hydrogens is 606 g/mol. The zero-order chi connectivity index (χ0) is 34.4. The molecule has 0 aliphatic heterocycles. The van der Waals surface area contributed by atoms with Gasteiger partial charge in [-0.3, -0.25) is 33.8 Å². The number of nitrogens with zero attached hydrogens (tertiary/aromatic N) is 1. The van der Waals surface area contributed by atoms with E-state index in [2.05, 4.69) is 31.6 Å². The van der Waals surface area contributed by atoms with Crippen LogP contribution in [0.1, 0.15) is 58.8 Å². The first-order valence-electron chi connectivity index (χ1n) is 15.0. The van der Waals surface area contributed by atoms with Crippen LogP contribution in [0.25, 0.3) is 0 Å². The second-order valence-electron chi connectivity index (χ2n) is 10.8. The molecule has 0 bridgehead atoms. The highest BCUT2D eigenvalue weighted by Crippen LogP contribution is 2.08. The van der Waals surface area contributed by atoms with Crippen LogP contribution in [0.5, 0.6) is 0 Å². The molecule has 0 radical (unpaired) electrons. The smallest absolute Gasteiger partial charge is 0.243 e. The second-order valence-corrected chi connectivity index (χ2v) is 11.8. The van der Waals surface area contributed by atoms with E-state index in [1.54, 1.807) is 0 Å². The van der Waals surface area contributed by atoms with E-state index in [0.29, 0.717) is 38.0 Å². The van der Waals surface area contributed by atoms with E-state index in [9.17, 15) is 28.8 Å². The summed E-state index contributed by atoms with van der Waals surface area (Å²) in [5, 5.41) is 12.9. The number of hydrogen-bond donors (Lipinski definition) is 10. The minimum absolute atomic E-state index is 0.0685. The Kier molecular flexibility index (Phi) is 21.8. The third-order valence-electron chi connectivity index (χ3n) is 6.41. The van der Waals surface area contributed by atoms with Gasteiger partial charge in [-0.1, -0.05) is 13.8 Å². The fraction of sp³-hybridized carbons (Fsp3) is 0.741. The van der Waals surface area contributed by atoms with Gasteiger partial charge in [0.15, 0.2) is 5.96 Å². The van der Waals surface area contributed by atoms with Crippen LogP contribution in [-0.4, -0.2) is 104 Å². The predicted molar refractivity (Wildman–Crippen MR) is 174 cm³/mol. The molecule has 0 aliphatic rings. The molecule has 4 atom stereocenters. The molecule has 15 N–H and O–H groups in total. The maximum absolute atomic E-state index is 13.0. The molecule has 45 heavy (non-hydrogen) atoms. The lowest BCUT2D eigenvalue weighted by Crippen LogP contribution is -2.56. The number of hydrogen-bond acceptors (Lipinski definition) is 10. The molecule has 17 nitrogen and oxygen atoms in total. The maximum atomic E-state index is 13.0. The van der Waals surface area contributed by atoms with Crippen LogP contribution in [0.4, 0.5) is 0 Å². The molecule has 258 valence electrons. The Morgan fingerprint density at radius 2 is 1.29 bits per heavy atom. The summed E-state index contributed by atoms with van der Waals surface area (Å²) >= 11 is 1.47. The minimum Gasteiger partial charge on any atom is -0.370 e. The molecule has 0 aromatic heterocycles. The fourth-order valence-corrected chi connectivity index (χ4v) is 4.56. The van der Waals surface area contributed by atoms with Gasteiger partial charge >= 0.3 is 0 Å². The highest BCUT2D eigenvalue weighted by molar-refractivity contribution is 7.98. The first kappa shape index (κ1) is 41.4. The van der Waals surface area contributed by atoms with Crippen molar-refractivity contribution in [1.82, 2.24) is 26.6 Å². The molecule has 0 aromatic rings. The Morgan fingerprint density at radius 3 is 1.84 bits per heavy atom. The van der Waals surface area contributed by atoms with Gasteiger partial charge in [-0.25, -0.2) is 0 Å². The standard InChI is InChI=1S/C27H53N11O6S/c1-16(2)13-20(36-21(39)14-29)26(44)38-19(9-12-45-3)24(42)34-15-22(40)35-18(7-4-5-10-28)25(43)37-17(23(30)41)8-6-11-33-27(31)32/h16-20H,4-15,28-29H2,1-3H3,(H2,30,41)(H,34,42)(H,35,40)(H,36,39)(H,37,43)(H,38,44)(H4,31,32,33). The van der Waals surface area contributed by atoms with Gasteiger partial charge in [0.05, 0.1) is 13.1 Å². The maximum Gasteiger partial charge on any atom is 0.243 e. The Morgan fingerprint density at radius 1 is 0.711 bits per heavy atom. The lowest BCUT2D eigenvalue weighted by molar-refractivity contribution is -0.133. The lowest BCUT2D eigenvalue weighted by Gasteiger charge is -2.24. The van der Waals surface area contributed by atoms with Crippen LogP contribution in [0, 0.1) is 5.92 Å². The van der Waals surface area contributed by atoms with E-state index < -0.39 is 66.2 Å². The number of nitrogens with one attached hydrogen (secondary N) is 5. The third-order valence-corrected chi connectivity index (χ3v) is 7.06. The van der Waals surface area contributed by atoms with Crippen LogP contribution < -0.4 is 55.3 Å². The molecule has 0 saturated heterocycles.